The Morgan fingerprint density at radius 3 is 2.51 bits per heavy atom. The van der Waals surface area contributed by atoms with E-state index in [0.29, 0.717) is 12.1 Å². The van der Waals surface area contributed by atoms with Crippen LogP contribution in [-0.4, -0.2) is 63.4 Å². The molecule has 2 rings (SSSR count). The summed E-state index contributed by atoms with van der Waals surface area (Å²) >= 11 is 0. The van der Waals surface area contributed by atoms with E-state index in [9.17, 15) is 22.4 Å². The molecule has 1 atom stereocenters. The van der Waals surface area contributed by atoms with E-state index in [0.717, 1.165) is 28.3 Å². The fourth-order valence-corrected chi connectivity index (χ4v) is 2.63. The molecule has 1 aliphatic rings. The van der Waals surface area contributed by atoms with Gasteiger partial charge in [0.25, 0.3) is 0 Å². The molecule has 0 bridgehead atoms. The summed E-state index contributed by atoms with van der Waals surface area (Å²) in [4.78, 5) is 22.4. The average molecular weight is 531 g/mol. The van der Waals surface area contributed by atoms with Gasteiger partial charge in [-0.15, -0.1) is 0 Å². The van der Waals surface area contributed by atoms with Crippen molar-refractivity contribution in [2.24, 2.45) is 33.3 Å². The standard InChI is InChI=1S/C22H30F4N8O3/c1-7-13(2)19(37-22(25,26)20(23)24)10-14(3)15(4)30-36-12-17(29-16-8-9-16)18(11-28-27-5)34-21(35)33(6)31-32-34/h10-11,13,16,20H,3,7-9,12H2,1-2,4-6H3/b18-11+,19-10+,28-27?,29-17?,30-15-/t13-/m0/s1. The lowest BCUT2D eigenvalue weighted by Gasteiger charge is -2.22. The van der Waals surface area contributed by atoms with Gasteiger partial charge in [0.1, 0.15) is 17.2 Å². The lowest BCUT2D eigenvalue weighted by Crippen LogP contribution is -2.31. The number of alkyl halides is 4. The summed E-state index contributed by atoms with van der Waals surface area (Å²) in [5.41, 5.74) is 0.226. The molecule has 1 saturated carbocycles. The lowest BCUT2D eigenvalue weighted by atomic mass is 10.0. The minimum absolute atomic E-state index is 0.0302. The van der Waals surface area contributed by atoms with Gasteiger partial charge in [-0.05, 0) is 48.3 Å². The fraction of sp³-hybridized carbons (Fsp3) is 0.591. The quantitative estimate of drug-likeness (QED) is 0.0891. The Morgan fingerprint density at radius 2 is 2.00 bits per heavy atom. The molecule has 1 aliphatic carbocycles. The molecule has 1 fully saturated rings. The molecule has 0 aromatic carbocycles. The second kappa shape index (κ2) is 13.1. The highest BCUT2D eigenvalue weighted by atomic mass is 19.3. The number of tetrazole rings is 1. The topological polar surface area (TPSA) is 121 Å². The SMILES string of the molecule is C=C(/C=C(/OC(F)(F)C(F)F)[C@@H](C)CC)/C(C)=N\OCC(=NC1CC1)/C(=C\N=NC)n1nnn(C)c1=O. The van der Waals surface area contributed by atoms with Gasteiger partial charge < -0.3 is 9.57 Å². The van der Waals surface area contributed by atoms with Gasteiger partial charge in [-0.25, -0.2) is 4.79 Å². The number of allylic oxidation sites excluding steroid dienone is 3. The van der Waals surface area contributed by atoms with E-state index >= 15 is 0 Å². The highest BCUT2D eigenvalue weighted by molar-refractivity contribution is 6.19. The van der Waals surface area contributed by atoms with Gasteiger partial charge in [0, 0.05) is 20.0 Å². The highest BCUT2D eigenvalue weighted by Gasteiger charge is 2.45. The molecule has 0 unspecified atom stereocenters. The molecule has 1 aromatic rings. The molecule has 0 radical (unpaired) electrons. The van der Waals surface area contributed by atoms with Crippen molar-refractivity contribution in [2.75, 3.05) is 13.7 Å². The van der Waals surface area contributed by atoms with Crippen LogP contribution in [0.15, 0.2) is 55.4 Å². The molecule has 0 spiro atoms. The van der Waals surface area contributed by atoms with E-state index in [1.165, 1.54) is 27.2 Å². The van der Waals surface area contributed by atoms with Gasteiger partial charge in [-0.3, -0.25) is 4.99 Å². The Hall–Kier alpha value is -3.65. The predicted molar refractivity (Wildman–Crippen MR) is 129 cm³/mol. The van der Waals surface area contributed by atoms with Crippen molar-refractivity contribution in [1.29, 1.82) is 0 Å². The first kappa shape index (κ1) is 29.6. The summed E-state index contributed by atoms with van der Waals surface area (Å²) < 4.78 is 58.7. The van der Waals surface area contributed by atoms with Crippen molar-refractivity contribution >= 4 is 17.1 Å². The van der Waals surface area contributed by atoms with Crippen molar-refractivity contribution in [3.8, 4) is 0 Å². The third kappa shape index (κ3) is 8.46. The van der Waals surface area contributed by atoms with Crippen LogP contribution in [0.2, 0.25) is 0 Å². The van der Waals surface area contributed by atoms with Crippen LogP contribution in [0, 0.1) is 5.92 Å². The number of aryl methyl sites for hydroxylation is 1. The summed E-state index contributed by atoms with van der Waals surface area (Å²) in [6, 6.07) is 0.0302. The Balaban J connectivity index is 2.26. The molecule has 0 aliphatic heterocycles. The molecule has 1 aromatic heterocycles. The Labute approximate surface area is 210 Å². The molecular weight excluding hydrogens is 500 g/mol. The summed E-state index contributed by atoms with van der Waals surface area (Å²) in [6.45, 7) is 8.28. The van der Waals surface area contributed by atoms with Crippen molar-refractivity contribution in [1.82, 2.24) is 19.8 Å². The number of oxime groups is 1. The largest absolute Gasteiger partial charge is 0.460 e. The maximum absolute atomic E-state index is 13.5. The first-order valence-electron chi connectivity index (χ1n) is 11.4. The Kier molecular flexibility index (Phi) is 10.4. The number of aromatic nitrogens is 4. The number of azo groups is 1. The van der Waals surface area contributed by atoms with Crippen LogP contribution in [0.25, 0.3) is 5.70 Å². The van der Waals surface area contributed by atoms with Crippen LogP contribution >= 0.6 is 0 Å². The summed E-state index contributed by atoms with van der Waals surface area (Å²) in [5, 5.41) is 18.9. The number of hydrogen-bond acceptors (Lipinski definition) is 9. The Bertz CT molecular complexity index is 1160. The average Bonchev–Trinajstić information content (AvgIpc) is 3.61. The van der Waals surface area contributed by atoms with Crippen LogP contribution in [0.1, 0.15) is 40.0 Å². The van der Waals surface area contributed by atoms with Gasteiger partial charge in [0.05, 0.1) is 18.0 Å². The zero-order chi connectivity index (χ0) is 27.8. The number of rotatable bonds is 14. The van der Waals surface area contributed by atoms with Crippen molar-refractivity contribution in [2.45, 2.75) is 58.6 Å². The van der Waals surface area contributed by atoms with Crippen LogP contribution in [-0.2, 0) is 16.6 Å². The Morgan fingerprint density at radius 1 is 1.32 bits per heavy atom. The maximum atomic E-state index is 13.5. The second-order valence-electron chi connectivity index (χ2n) is 8.23. The molecule has 37 heavy (non-hydrogen) atoms. The van der Waals surface area contributed by atoms with E-state index in [-0.39, 0.29) is 35.4 Å². The smallest absolute Gasteiger partial charge is 0.433 e. The molecule has 15 heteroatoms. The molecule has 0 N–H and O–H groups in total. The van der Waals surface area contributed by atoms with Gasteiger partial charge in [-0.2, -0.15) is 37.2 Å². The fourth-order valence-electron chi connectivity index (χ4n) is 2.63. The number of halogens is 4. The minimum Gasteiger partial charge on any atom is -0.433 e. The summed E-state index contributed by atoms with van der Waals surface area (Å²) in [6.07, 6.45) is -4.16. The van der Waals surface area contributed by atoms with E-state index in [2.05, 4.69) is 42.1 Å². The first-order valence-corrected chi connectivity index (χ1v) is 11.4. The van der Waals surface area contributed by atoms with Crippen LogP contribution in [0.3, 0.4) is 0 Å². The van der Waals surface area contributed by atoms with Crippen LogP contribution < -0.4 is 5.69 Å². The monoisotopic (exact) mass is 530 g/mol. The zero-order valence-electron chi connectivity index (χ0n) is 21.2. The third-order valence-corrected chi connectivity index (χ3v) is 5.22. The number of aliphatic imine (C=N–C) groups is 1. The minimum atomic E-state index is -4.65. The van der Waals surface area contributed by atoms with Gasteiger partial charge >= 0.3 is 18.2 Å². The summed E-state index contributed by atoms with van der Waals surface area (Å²) in [7, 11) is 2.88. The van der Waals surface area contributed by atoms with E-state index < -0.39 is 24.1 Å². The maximum Gasteiger partial charge on any atom is 0.460 e. The van der Waals surface area contributed by atoms with Crippen LogP contribution in [0.5, 0.6) is 0 Å². The van der Waals surface area contributed by atoms with E-state index in [1.54, 1.807) is 13.8 Å². The molecule has 11 nitrogen and oxygen atoms in total. The van der Waals surface area contributed by atoms with Crippen molar-refractivity contribution in [3.05, 3.63) is 40.7 Å². The molecule has 204 valence electrons. The number of nitrogens with zero attached hydrogens (tertiary/aromatic N) is 8. The lowest BCUT2D eigenvalue weighted by molar-refractivity contribution is -0.285. The first-order chi connectivity index (χ1) is 17.4. The van der Waals surface area contributed by atoms with Crippen LogP contribution in [0.4, 0.5) is 17.6 Å². The highest BCUT2D eigenvalue weighted by Crippen LogP contribution is 2.31. The molecule has 0 saturated heterocycles. The van der Waals surface area contributed by atoms with E-state index in [1.807, 2.05) is 0 Å². The zero-order valence-corrected chi connectivity index (χ0v) is 21.2. The van der Waals surface area contributed by atoms with Crippen molar-refractivity contribution < 1.29 is 27.1 Å². The second-order valence-corrected chi connectivity index (χ2v) is 8.23. The third-order valence-electron chi connectivity index (χ3n) is 5.22. The predicted octanol–water partition coefficient (Wildman–Crippen LogP) is 4.21. The summed E-state index contributed by atoms with van der Waals surface area (Å²) in [5.74, 6) is -0.946. The number of hydrogen-bond donors (Lipinski definition) is 0. The van der Waals surface area contributed by atoms with Crippen molar-refractivity contribution in [3.63, 3.8) is 0 Å². The van der Waals surface area contributed by atoms with Gasteiger partial charge in [0.2, 0.25) is 0 Å². The van der Waals surface area contributed by atoms with Gasteiger partial charge in [0.15, 0.2) is 6.61 Å². The molecule has 1 heterocycles. The molecular formula is C22H30F4N8O3. The molecule has 0 amide bonds. The number of ether oxygens (including phenoxy) is 1. The normalized spacial score (nSPS) is 17.0. The van der Waals surface area contributed by atoms with Gasteiger partial charge in [-0.1, -0.05) is 25.6 Å². The van der Waals surface area contributed by atoms with E-state index in [4.69, 9.17) is 4.84 Å².